The molecule has 3 aromatic rings. The molecule has 0 saturated heterocycles. The monoisotopic (exact) mass is 286 g/mol. The number of carbonyl (C=O) groups is 1. The Bertz CT molecular complexity index is 790. The number of fused-ring (bicyclic) bond motifs is 1. The van der Waals surface area contributed by atoms with Gasteiger partial charge in [0.1, 0.15) is 5.82 Å². The maximum atomic E-state index is 14.2. The molecule has 0 aliphatic rings. The Balaban J connectivity index is 1.67. The van der Waals surface area contributed by atoms with Gasteiger partial charge < -0.3 is 10.3 Å². The maximum Gasteiger partial charge on any atom is 0.254 e. The van der Waals surface area contributed by atoms with Gasteiger partial charge >= 0.3 is 0 Å². The molecule has 3 rings (SSSR count). The van der Waals surface area contributed by atoms with Crippen LogP contribution in [0, 0.1) is 5.82 Å². The molecule has 0 fully saturated rings. The summed E-state index contributed by atoms with van der Waals surface area (Å²) in [6, 6.07) is 4.82. The second-order valence-electron chi connectivity index (χ2n) is 4.89. The van der Waals surface area contributed by atoms with Gasteiger partial charge in [-0.1, -0.05) is 0 Å². The van der Waals surface area contributed by atoms with Crippen molar-refractivity contribution in [3.05, 3.63) is 53.7 Å². The fourth-order valence-corrected chi connectivity index (χ4v) is 2.29. The van der Waals surface area contributed by atoms with Crippen LogP contribution in [0.4, 0.5) is 4.39 Å². The Kier molecular flexibility index (Phi) is 3.43. The molecular weight excluding hydrogens is 271 g/mol. The zero-order chi connectivity index (χ0) is 14.8. The lowest BCUT2D eigenvalue weighted by atomic mass is 10.1. The number of benzene rings is 1. The Labute approximate surface area is 120 Å². The van der Waals surface area contributed by atoms with Crippen LogP contribution in [0.1, 0.15) is 15.9 Å². The Morgan fingerprint density at radius 3 is 3.05 bits per heavy atom. The van der Waals surface area contributed by atoms with Gasteiger partial charge in [-0.15, -0.1) is 0 Å². The van der Waals surface area contributed by atoms with E-state index in [1.54, 1.807) is 29.2 Å². The van der Waals surface area contributed by atoms with E-state index in [2.05, 4.69) is 15.4 Å². The molecule has 0 aliphatic carbocycles. The van der Waals surface area contributed by atoms with Gasteiger partial charge in [0.15, 0.2) is 0 Å². The predicted molar refractivity (Wildman–Crippen MR) is 77.5 cm³/mol. The van der Waals surface area contributed by atoms with Crippen molar-refractivity contribution in [1.82, 2.24) is 20.1 Å². The van der Waals surface area contributed by atoms with Crippen LogP contribution in [-0.2, 0) is 13.5 Å². The highest BCUT2D eigenvalue weighted by Crippen LogP contribution is 2.19. The molecule has 0 atom stereocenters. The zero-order valence-electron chi connectivity index (χ0n) is 11.6. The minimum atomic E-state index is -0.493. The van der Waals surface area contributed by atoms with E-state index in [0.29, 0.717) is 23.9 Å². The topological polar surface area (TPSA) is 62.7 Å². The highest BCUT2D eigenvalue weighted by molar-refractivity contribution is 5.98. The van der Waals surface area contributed by atoms with E-state index in [9.17, 15) is 9.18 Å². The summed E-state index contributed by atoms with van der Waals surface area (Å²) in [6.07, 6.45) is 5.95. The van der Waals surface area contributed by atoms with Crippen molar-refractivity contribution < 1.29 is 9.18 Å². The fourth-order valence-electron chi connectivity index (χ4n) is 2.29. The standard InChI is InChI=1S/C15H15FN4O/c1-20-9-10(8-19-20)4-6-18-15(21)12-2-3-13-11(14(12)16)5-7-17-13/h2-3,5,7-9,17H,4,6H2,1H3,(H,18,21). The van der Waals surface area contributed by atoms with Crippen LogP contribution < -0.4 is 5.32 Å². The quantitative estimate of drug-likeness (QED) is 0.770. The minimum Gasteiger partial charge on any atom is -0.361 e. The molecular formula is C15H15FN4O. The van der Waals surface area contributed by atoms with Crippen LogP contribution in [0.2, 0.25) is 0 Å². The molecule has 108 valence electrons. The molecule has 21 heavy (non-hydrogen) atoms. The molecule has 0 radical (unpaired) electrons. The average molecular weight is 286 g/mol. The summed E-state index contributed by atoms with van der Waals surface area (Å²) in [4.78, 5) is 15.0. The summed E-state index contributed by atoms with van der Waals surface area (Å²) in [6.45, 7) is 0.440. The average Bonchev–Trinajstić information content (AvgIpc) is 3.08. The number of amides is 1. The second kappa shape index (κ2) is 5.40. The third-order valence-electron chi connectivity index (χ3n) is 3.37. The molecule has 6 heteroatoms. The molecule has 0 spiro atoms. The number of aromatic nitrogens is 3. The van der Waals surface area contributed by atoms with Crippen molar-refractivity contribution in [3.63, 3.8) is 0 Å². The number of nitrogens with one attached hydrogen (secondary N) is 2. The number of aryl methyl sites for hydroxylation is 1. The van der Waals surface area contributed by atoms with Crippen LogP contribution in [0.15, 0.2) is 36.8 Å². The zero-order valence-corrected chi connectivity index (χ0v) is 11.6. The van der Waals surface area contributed by atoms with E-state index >= 15 is 0 Å². The first-order chi connectivity index (χ1) is 10.1. The van der Waals surface area contributed by atoms with Gasteiger partial charge in [0, 0.05) is 36.9 Å². The summed E-state index contributed by atoms with van der Waals surface area (Å²) in [5.74, 6) is -0.896. The largest absolute Gasteiger partial charge is 0.361 e. The summed E-state index contributed by atoms with van der Waals surface area (Å²) in [7, 11) is 1.84. The summed E-state index contributed by atoms with van der Waals surface area (Å²) in [5, 5.41) is 7.21. The molecule has 0 unspecified atom stereocenters. The molecule has 1 aromatic carbocycles. The van der Waals surface area contributed by atoms with Gasteiger partial charge in [-0.3, -0.25) is 9.48 Å². The molecule has 0 aliphatic heterocycles. The van der Waals surface area contributed by atoms with Crippen molar-refractivity contribution >= 4 is 16.8 Å². The van der Waals surface area contributed by atoms with Gasteiger partial charge in [-0.2, -0.15) is 5.10 Å². The van der Waals surface area contributed by atoms with Crippen molar-refractivity contribution in [2.75, 3.05) is 6.54 Å². The molecule has 0 saturated carbocycles. The molecule has 2 aromatic heterocycles. The van der Waals surface area contributed by atoms with Crippen LogP contribution >= 0.6 is 0 Å². The molecule has 0 bridgehead atoms. The number of carbonyl (C=O) groups excluding carboxylic acids is 1. The smallest absolute Gasteiger partial charge is 0.254 e. The Morgan fingerprint density at radius 2 is 2.29 bits per heavy atom. The van der Waals surface area contributed by atoms with E-state index in [1.165, 1.54) is 6.07 Å². The van der Waals surface area contributed by atoms with E-state index in [4.69, 9.17) is 0 Å². The third kappa shape index (κ3) is 2.65. The Morgan fingerprint density at radius 1 is 1.43 bits per heavy atom. The van der Waals surface area contributed by atoms with E-state index in [1.807, 2.05) is 13.2 Å². The molecule has 1 amide bonds. The summed E-state index contributed by atoms with van der Waals surface area (Å²) >= 11 is 0. The number of hydrogen-bond donors (Lipinski definition) is 2. The summed E-state index contributed by atoms with van der Waals surface area (Å²) in [5.41, 5.74) is 1.77. The normalized spacial score (nSPS) is 11.0. The van der Waals surface area contributed by atoms with Gasteiger partial charge in [-0.05, 0) is 30.2 Å². The van der Waals surface area contributed by atoms with Gasteiger partial charge in [0.25, 0.3) is 5.91 Å². The van der Waals surface area contributed by atoms with Crippen LogP contribution in [0.5, 0.6) is 0 Å². The molecule has 2 heterocycles. The first-order valence-corrected chi connectivity index (χ1v) is 6.66. The van der Waals surface area contributed by atoms with Crippen molar-refractivity contribution in [3.8, 4) is 0 Å². The second-order valence-corrected chi connectivity index (χ2v) is 4.89. The highest BCUT2D eigenvalue weighted by atomic mass is 19.1. The lowest BCUT2D eigenvalue weighted by molar-refractivity contribution is 0.0950. The van der Waals surface area contributed by atoms with Crippen LogP contribution in [0.3, 0.4) is 0 Å². The Hall–Kier alpha value is -2.63. The predicted octanol–water partition coefficient (Wildman–Crippen LogP) is 2.01. The number of hydrogen-bond acceptors (Lipinski definition) is 2. The van der Waals surface area contributed by atoms with Gasteiger partial charge in [0.2, 0.25) is 0 Å². The molecule has 5 nitrogen and oxygen atoms in total. The molecule has 2 N–H and O–H groups in total. The third-order valence-corrected chi connectivity index (χ3v) is 3.37. The van der Waals surface area contributed by atoms with Crippen molar-refractivity contribution in [2.24, 2.45) is 7.05 Å². The van der Waals surface area contributed by atoms with E-state index in [0.717, 1.165) is 5.56 Å². The summed E-state index contributed by atoms with van der Waals surface area (Å²) < 4.78 is 15.9. The van der Waals surface area contributed by atoms with Gasteiger partial charge in [0.05, 0.1) is 11.8 Å². The van der Waals surface area contributed by atoms with E-state index < -0.39 is 11.7 Å². The SMILES string of the molecule is Cn1cc(CCNC(=O)c2ccc3[nH]ccc3c2F)cn1. The van der Waals surface area contributed by atoms with Crippen molar-refractivity contribution in [2.45, 2.75) is 6.42 Å². The lowest BCUT2D eigenvalue weighted by Crippen LogP contribution is -2.26. The first kappa shape index (κ1) is 13.4. The maximum absolute atomic E-state index is 14.2. The minimum absolute atomic E-state index is 0.0632. The number of halogens is 1. The van der Waals surface area contributed by atoms with Crippen LogP contribution in [-0.4, -0.2) is 27.2 Å². The fraction of sp³-hybridized carbons (Fsp3) is 0.200. The number of nitrogens with zero attached hydrogens (tertiary/aromatic N) is 2. The van der Waals surface area contributed by atoms with Crippen LogP contribution in [0.25, 0.3) is 10.9 Å². The highest BCUT2D eigenvalue weighted by Gasteiger charge is 2.14. The van der Waals surface area contributed by atoms with E-state index in [-0.39, 0.29) is 5.56 Å². The van der Waals surface area contributed by atoms with Crippen molar-refractivity contribution in [1.29, 1.82) is 0 Å². The number of rotatable bonds is 4. The number of aromatic amines is 1. The number of H-pyrrole nitrogens is 1. The first-order valence-electron chi connectivity index (χ1n) is 6.66. The lowest BCUT2D eigenvalue weighted by Gasteiger charge is -2.06. The van der Waals surface area contributed by atoms with Gasteiger partial charge in [-0.25, -0.2) is 4.39 Å².